The minimum absolute atomic E-state index is 0.160. The smallest absolute Gasteiger partial charge is 0.265 e. The van der Waals surface area contributed by atoms with E-state index in [1.54, 1.807) is 12.1 Å². The molecule has 0 unspecified atom stereocenters. The fraction of sp³-hybridized carbons (Fsp3) is 0.267. The minimum atomic E-state index is -3.46. The van der Waals surface area contributed by atoms with Gasteiger partial charge in [0.05, 0.1) is 9.77 Å². The van der Waals surface area contributed by atoms with E-state index < -0.39 is 10.0 Å². The topological polar surface area (TPSA) is 75.3 Å². The summed E-state index contributed by atoms with van der Waals surface area (Å²) in [6.07, 6.45) is 0.895. The van der Waals surface area contributed by atoms with Crippen molar-refractivity contribution in [3.8, 4) is 0 Å². The summed E-state index contributed by atoms with van der Waals surface area (Å²) < 4.78 is 25.5. The average Bonchev–Trinajstić information content (AvgIpc) is 2.89. The van der Waals surface area contributed by atoms with Crippen LogP contribution < -0.4 is 10.0 Å². The molecule has 2 N–H and O–H groups in total. The Morgan fingerprint density at radius 3 is 2.36 bits per heavy atom. The predicted octanol–water partition coefficient (Wildman–Crippen LogP) is 2.78. The average molecular weight is 338 g/mol. The number of rotatable bonds is 5. The minimum Gasteiger partial charge on any atom is -0.321 e. The first-order valence-electron chi connectivity index (χ1n) is 6.81. The normalized spacial score (nSPS) is 11.4. The molecular formula is C15H18N2O3S2. The van der Waals surface area contributed by atoms with Gasteiger partial charge in [-0.15, -0.1) is 11.3 Å². The monoisotopic (exact) mass is 338 g/mol. The van der Waals surface area contributed by atoms with Gasteiger partial charge in [0.1, 0.15) is 0 Å². The third-order valence-corrected chi connectivity index (χ3v) is 5.84. The standard InChI is InChI=1S/C15H18N2O3S2/c1-4-11-9-14(21-10(11)2)15(18)17-12-5-7-13(8-6-12)22(19,20)16-3/h5-9,16H,4H2,1-3H3,(H,17,18). The lowest BCUT2D eigenvalue weighted by atomic mass is 10.2. The Bertz CT molecular complexity index is 778. The van der Waals surface area contributed by atoms with Crippen LogP contribution in [0.2, 0.25) is 0 Å². The van der Waals surface area contributed by atoms with Gasteiger partial charge in [0.25, 0.3) is 5.91 Å². The van der Waals surface area contributed by atoms with Crippen LogP contribution in [0.4, 0.5) is 5.69 Å². The van der Waals surface area contributed by atoms with E-state index in [9.17, 15) is 13.2 Å². The summed E-state index contributed by atoms with van der Waals surface area (Å²) in [4.78, 5) is 14.2. The number of nitrogens with one attached hydrogen (secondary N) is 2. The third-order valence-electron chi connectivity index (χ3n) is 3.32. The summed E-state index contributed by atoms with van der Waals surface area (Å²) in [6.45, 7) is 4.05. The zero-order chi connectivity index (χ0) is 16.3. The maximum atomic E-state index is 12.2. The highest BCUT2D eigenvalue weighted by atomic mass is 32.2. The quantitative estimate of drug-likeness (QED) is 0.880. The fourth-order valence-corrected chi connectivity index (χ4v) is 3.75. The summed E-state index contributed by atoms with van der Waals surface area (Å²) in [6, 6.07) is 7.96. The van der Waals surface area contributed by atoms with E-state index in [0.29, 0.717) is 10.6 Å². The van der Waals surface area contributed by atoms with E-state index in [1.165, 1.54) is 36.1 Å². The van der Waals surface area contributed by atoms with Crippen molar-refractivity contribution in [1.82, 2.24) is 4.72 Å². The Kier molecular flexibility index (Phi) is 5.00. The zero-order valence-electron chi connectivity index (χ0n) is 12.6. The van der Waals surface area contributed by atoms with Gasteiger partial charge in [0.15, 0.2) is 0 Å². The lowest BCUT2D eigenvalue weighted by Gasteiger charge is -2.06. The van der Waals surface area contributed by atoms with Crippen LogP contribution in [0.15, 0.2) is 35.2 Å². The molecule has 1 amide bonds. The predicted molar refractivity (Wildman–Crippen MR) is 89.1 cm³/mol. The zero-order valence-corrected chi connectivity index (χ0v) is 14.3. The van der Waals surface area contributed by atoms with Crippen molar-refractivity contribution in [2.45, 2.75) is 25.2 Å². The summed E-state index contributed by atoms with van der Waals surface area (Å²) in [5, 5.41) is 2.78. The Balaban J connectivity index is 2.15. The van der Waals surface area contributed by atoms with Crippen LogP contribution in [-0.4, -0.2) is 21.4 Å². The molecule has 0 bridgehead atoms. The van der Waals surface area contributed by atoms with Crippen LogP contribution in [-0.2, 0) is 16.4 Å². The first-order chi connectivity index (χ1) is 10.4. The molecule has 5 nitrogen and oxygen atoms in total. The number of amides is 1. The van der Waals surface area contributed by atoms with Gasteiger partial charge >= 0.3 is 0 Å². The van der Waals surface area contributed by atoms with Crippen molar-refractivity contribution >= 4 is 33.0 Å². The van der Waals surface area contributed by atoms with E-state index in [0.717, 1.165) is 11.3 Å². The summed E-state index contributed by atoms with van der Waals surface area (Å²) >= 11 is 1.46. The number of aryl methyl sites for hydroxylation is 2. The van der Waals surface area contributed by atoms with Gasteiger partial charge < -0.3 is 5.32 Å². The molecule has 2 aromatic rings. The van der Waals surface area contributed by atoms with Gasteiger partial charge in [-0.3, -0.25) is 4.79 Å². The van der Waals surface area contributed by atoms with E-state index in [2.05, 4.69) is 17.0 Å². The van der Waals surface area contributed by atoms with Gasteiger partial charge in [0.2, 0.25) is 10.0 Å². The maximum Gasteiger partial charge on any atom is 0.265 e. The molecule has 2 rings (SSSR count). The van der Waals surface area contributed by atoms with E-state index in [1.807, 2.05) is 13.0 Å². The number of carbonyl (C=O) groups excluding carboxylic acids is 1. The summed E-state index contributed by atoms with van der Waals surface area (Å²) in [5.74, 6) is -0.183. The summed E-state index contributed by atoms with van der Waals surface area (Å²) in [5.41, 5.74) is 1.73. The van der Waals surface area contributed by atoms with E-state index in [-0.39, 0.29) is 10.8 Å². The first-order valence-corrected chi connectivity index (χ1v) is 9.11. The number of carbonyl (C=O) groups is 1. The van der Waals surface area contributed by atoms with Crippen molar-refractivity contribution in [3.63, 3.8) is 0 Å². The molecule has 0 atom stereocenters. The molecule has 118 valence electrons. The van der Waals surface area contributed by atoms with E-state index >= 15 is 0 Å². The highest BCUT2D eigenvalue weighted by molar-refractivity contribution is 7.89. The highest BCUT2D eigenvalue weighted by Crippen LogP contribution is 2.23. The molecule has 0 spiro atoms. The molecule has 0 aliphatic rings. The van der Waals surface area contributed by atoms with Crippen LogP contribution in [0, 0.1) is 6.92 Å². The molecule has 1 heterocycles. The Hall–Kier alpha value is -1.70. The molecule has 22 heavy (non-hydrogen) atoms. The molecule has 7 heteroatoms. The van der Waals surface area contributed by atoms with Gasteiger partial charge in [-0.2, -0.15) is 0 Å². The van der Waals surface area contributed by atoms with Crippen LogP contribution in [0.25, 0.3) is 0 Å². The van der Waals surface area contributed by atoms with Crippen molar-refractivity contribution in [1.29, 1.82) is 0 Å². The fourth-order valence-electron chi connectivity index (χ4n) is 2.01. The largest absolute Gasteiger partial charge is 0.321 e. The van der Waals surface area contributed by atoms with Gasteiger partial charge in [-0.05, 0) is 56.3 Å². The third kappa shape index (κ3) is 3.55. The van der Waals surface area contributed by atoms with Crippen LogP contribution in [0.5, 0.6) is 0 Å². The van der Waals surface area contributed by atoms with Gasteiger partial charge in [-0.1, -0.05) is 6.92 Å². The first kappa shape index (κ1) is 16.7. The number of hydrogen-bond donors (Lipinski definition) is 2. The lowest BCUT2D eigenvalue weighted by molar-refractivity contribution is 0.103. The van der Waals surface area contributed by atoms with Gasteiger partial charge in [0, 0.05) is 10.6 Å². The maximum absolute atomic E-state index is 12.2. The molecule has 1 aromatic carbocycles. The number of anilines is 1. The summed E-state index contributed by atoms with van der Waals surface area (Å²) in [7, 11) is -2.11. The van der Waals surface area contributed by atoms with Crippen LogP contribution in [0.1, 0.15) is 27.0 Å². The Morgan fingerprint density at radius 2 is 1.86 bits per heavy atom. The second-order valence-corrected chi connectivity index (χ2v) is 7.87. The second-order valence-electron chi connectivity index (χ2n) is 4.73. The molecule has 0 saturated heterocycles. The molecule has 0 saturated carbocycles. The second kappa shape index (κ2) is 6.60. The van der Waals surface area contributed by atoms with Crippen LogP contribution in [0.3, 0.4) is 0 Å². The van der Waals surface area contributed by atoms with Crippen molar-refractivity contribution < 1.29 is 13.2 Å². The number of sulfonamides is 1. The SMILES string of the molecule is CCc1cc(C(=O)Nc2ccc(S(=O)(=O)NC)cc2)sc1C. The highest BCUT2D eigenvalue weighted by Gasteiger charge is 2.13. The van der Waals surface area contributed by atoms with Crippen molar-refractivity contribution in [3.05, 3.63) is 45.6 Å². The van der Waals surface area contributed by atoms with E-state index in [4.69, 9.17) is 0 Å². The number of thiophene rings is 1. The number of benzene rings is 1. The van der Waals surface area contributed by atoms with Crippen molar-refractivity contribution in [2.24, 2.45) is 0 Å². The molecule has 1 aromatic heterocycles. The molecule has 0 fully saturated rings. The van der Waals surface area contributed by atoms with Gasteiger partial charge in [-0.25, -0.2) is 13.1 Å². The lowest BCUT2D eigenvalue weighted by Crippen LogP contribution is -2.18. The molecule has 0 aliphatic heterocycles. The number of hydrogen-bond acceptors (Lipinski definition) is 4. The Labute approximate surface area is 134 Å². The molecule has 0 radical (unpaired) electrons. The molecule has 0 aliphatic carbocycles. The van der Waals surface area contributed by atoms with Crippen LogP contribution >= 0.6 is 11.3 Å². The van der Waals surface area contributed by atoms with Crippen molar-refractivity contribution in [2.75, 3.05) is 12.4 Å². The Morgan fingerprint density at radius 1 is 1.23 bits per heavy atom. The molecular weight excluding hydrogens is 320 g/mol.